The van der Waals surface area contributed by atoms with Gasteiger partial charge < -0.3 is 9.64 Å². The average molecular weight is 375 g/mol. The van der Waals surface area contributed by atoms with Gasteiger partial charge >= 0.3 is 0 Å². The second kappa shape index (κ2) is 8.12. The molecule has 0 spiro atoms. The minimum Gasteiger partial charge on any atom is -0.437 e. The van der Waals surface area contributed by atoms with Crippen LogP contribution in [0.5, 0.6) is 11.6 Å². The van der Waals surface area contributed by atoms with Crippen LogP contribution in [-0.4, -0.2) is 43.8 Å². The summed E-state index contributed by atoms with van der Waals surface area (Å²) in [5.41, 5.74) is 2.32. The maximum absolute atomic E-state index is 12.7. The van der Waals surface area contributed by atoms with E-state index >= 15 is 0 Å². The van der Waals surface area contributed by atoms with Gasteiger partial charge in [0.15, 0.2) is 0 Å². The van der Waals surface area contributed by atoms with E-state index in [0.717, 1.165) is 29.8 Å². The van der Waals surface area contributed by atoms with Crippen LogP contribution in [0.3, 0.4) is 0 Å². The summed E-state index contributed by atoms with van der Waals surface area (Å²) in [7, 11) is 0. The van der Waals surface area contributed by atoms with Gasteiger partial charge in [0.1, 0.15) is 11.4 Å². The van der Waals surface area contributed by atoms with E-state index in [4.69, 9.17) is 4.74 Å². The Morgan fingerprint density at radius 1 is 1.18 bits per heavy atom. The molecule has 1 aromatic carbocycles. The lowest BCUT2D eigenvalue weighted by Gasteiger charge is -2.32. The third kappa shape index (κ3) is 4.14. The molecule has 3 heterocycles. The molecular formula is C21H21N5O2. The van der Waals surface area contributed by atoms with E-state index in [9.17, 15) is 4.79 Å². The first kappa shape index (κ1) is 18.0. The van der Waals surface area contributed by atoms with E-state index in [0.29, 0.717) is 24.7 Å². The van der Waals surface area contributed by atoms with Crippen LogP contribution in [0, 0.1) is 6.92 Å². The second-order valence-electron chi connectivity index (χ2n) is 6.88. The van der Waals surface area contributed by atoms with Crippen LogP contribution in [0.25, 0.3) is 0 Å². The minimum atomic E-state index is -0.0991. The summed E-state index contributed by atoms with van der Waals surface area (Å²) < 4.78 is 5.86. The average Bonchev–Trinajstić information content (AvgIpc) is 2.74. The number of hydrogen-bond donors (Lipinski definition) is 0. The van der Waals surface area contributed by atoms with Crippen molar-refractivity contribution >= 4 is 5.91 Å². The maximum Gasteiger partial charge on any atom is 0.274 e. The molecule has 7 heteroatoms. The van der Waals surface area contributed by atoms with Crippen LogP contribution in [0.2, 0.25) is 0 Å². The molecule has 28 heavy (non-hydrogen) atoms. The number of nitrogens with zero attached hydrogens (tertiary/aromatic N) is 5. The van der Waals surface area contributed by atoms with Crippen LogP contribution in [0.15, 0.2) is 55.2 Å². The van der Waals surface area contributed by atoms with E-state index in [1.165, 1.54) is 12.4 Å². The third-order valence-electron chi connectivity index (χ3n) is 4.75. The molecule has 0 saturated carbocycles. The fourth-order valence-electron chi connectivity index (χ4n) is 3.38. The summed E-state index contributed by atoms with van der Waals surface area (Å²) in [6.45, 7) is 3.30. The van der Waals surface area contributed by atoms with Crippen LogP contribution < -0.4 is 4.74 Å². The van der Waals surface area contributed by atoms with Gasteiger partial charge in [-0.25, -0.2) is 9.97 Å². The second-order valence-corrected chi connectivity index (χ2v) is 6.88. The van der Waals surface area contributed by atoms with Gasteiger partial charge in [0, 0.05) is 37.6 Å². The summed E-state index contributed by atoms with van der Waals surface area (Å²) in [6.07, 6.45) is 9.81. The van der Waals surface area contributed by atoms with Gasteiger partial charge in [-0.15, -0.1) is 0 Å². The molecule has 1 aliphatic heterocycles. The number of carbonyl (C=O) groups excluding carboxylic acids is 1. The van der Waals surface area contributed by atoms with E-state index < -0.39 is 0 Å². The molecule has 1 aliphatic rings. The fraction of sp³-hybridized carbons (Fsp3) is 0.286. The first-order chi connectivity index (χ1) is 13.7. The monoisotopic (exact) mass is 375 g/mol. The highest BCUT2D eigenvalue weighted by atomic mass is 16.5. The highest BCUT2D eigenvalue weighted by molar-refractivity contribution is 5.92. The smallest absolute Gasteiger partial charge is 0.274 e. The lowest BCUT2D eigenvalue weighted by molar-refractivity contribution is 0.0699. The predicted molar refractivity (Wildman–Crippen MR) is 103 cm³/mol. The number of likely N-dealkylation sites (tertiary alicyclic amines) is 1. The number of aromatic nitrogens is 4. The molecule has 4 rings (SSSR count). The van der Waals surface area contributed by atoms with Crippen molar-refractivity contribution in [2.45, 2.75) is 25.7 Å². The summed E-state index contributed by atoms with van der Waals surface area (Å²) in [6, 6.07) is 7.80. The summed E-state index contributed by atoms with van der Waals surface area (Å²) in [5, 5.41) is 0. The standard InChI is InChI=1S/C21H21N5O2/c1-15-4-2-6-17(10-15)28-20-13-23-11-18(25-20)16-5-3-9-26(14-16)21(27)19-12-22-7-8-24-19/h2,4,6-8,10-13,16H,3,5,9,14H2,1H3. The van der Waals surface area contributed by atoms with Gasteiger partial charge in [0.05, 0.1) is 18.1 Å². The van der Waals surface area contributed by atoms with Crippen LogP contribution in [-0.2, 0) is 0 Å². The minimum absolute atomic E-state index is 0.0991. The van der Waals surface area contributed by atoms with Gasteiger partial charge in [-0.2, -0.15) is 0 Å². The first-order valence-electron chi connectivity index (χ1n) is 9.31. The van der Waals surface area contributed by atoms with Crippen molar-refractivity contribution in [2.24, 2.45) is 0 Å². The third-order valence-corrected chi connectivity index (χ3v) is 4.75. The highest BCUT2D eigenvalue weighted by Gasteiger charge is 2.27. The molecule has 0 radical (unpaired) electrons. The molecule has 0 aliphatic carbocycles. The molecule has 1 amide bonds. The van der Waals surface area contributed by atoms with Crippen molar-refractivity contribution in [2.75, 3.05) is 13.1 Å². The Hall–Kier alpha value is -3.35. The van der Waals surface area contributed by atoms with E-state index in [2.05, 4.69) is 19.9 Å². The van der Waals surface area contributed by atoms with Crippen molar-refractivity contribution in [1.29, 1.82) is 0 Å². The number of aryl methyl sites for hydroxylation is 1. The topological polar surface area (TPSA) is 81.1 Å². The normalized spacial score (nSPS) is 16.6. The fourth-order valence-corrected chi connectivity index (χ4v) is 3.38. The number of ether oxygens (including phenoxy) is 1. The molecule has 142 valence electrons. The largest absolute Gasteiger partial charge is 0.437 e. The Labute approximate surface area is 163 Å². The predicted octanol–water partition coefficient (Wildman–Crippen LogP) is 3.39. The van der Waals surface area contributed by atoms with Gasteiger partial charge in [-0.05, 0) is 37.5 Å². The lowest BCUT2D eigenvalue weighted by Crippen LogP contribution is -2.39. The number of carbonyl (C=O) groups is 1. The van der Waals surface area contributed by atoms with Gasteiger partial charge in [0.2, 0.25) is 5.88 Å². The highest BCUT2D eigenvalue weighted by Crippen LogP contribution is 2.28. The molecule has 1 unspecified atom stereocenters. The Morgan fingerprint density at radius 2 is 2.11 bits per heavy atom. The molecule has 0 N–H and O–H groups in total. The Balaban J connectivity index is 1.48. The lowest BCUT2D eigenvalue weighted by atomic mass is 9.95. The molecule has 2 aromatic heterocycles. The summed E-state index contributed by atoms with van der Waals surface area (Å²) >= 11 is 0. The molecule has 1 fully saturated rings. The van der Waals surface area contributed by atoms with Crippen LogP contribution >= 0.6 is 0 Å². The van der Waals surface area contributed by atoms with Crippen molar-refractivity contribution in [3.63, 3.8) is 0 Å². The van der Waals surface area contributed by atoms with E-state index in [1.807, 2.05) is 36.1 Å². The van der Waals surface area contributed by atoms with Crippen molar-refractivity contribution in [3.05, 3.63) is 72.2 Å². The van der Waals surface area contributed by atoms with Crippen LogP contribution in [0.1, 0.15) is 40.5 Å². The van der Waals surface area contributed by atoms with E-state index in [-0.39, 0.29) is 11.8 Å². The van der Waals surface area contributed by atoms with Crippen molar-refractivity contribution in [1.82, 2.24) is 24.8 Å². The molecular weight excluding hydrogens is 354 g/mol. The number of benzene rings is 1. The molecule has 0 bridgehead atoms. The zero-order valence-corrected chi connectivity index (χ0v) is 15.7. The quantitative estimate of drug-likeness (QED) is 0.695. The Morgan fingerprint density at radius 3 is 2.93 bits per heavy atom. The Kier molecular flexibility index (Phi) is 5.23. The molecule has 1 saturated heterocycles. The zero-order valence-electron chi connectivity index (χ0n) is 15.7. The van der Waals surface area contributed by atoms with E-state index in [1.54, 1.807) is 18.6 Å². The SMILES string of the molecule is Cc1cccc(Oc2cncc(C3CCCN(C(=O)c4cnccn4)C3)n2)c1. The molecule has 7 nitrogen and oxygen atoms in total. The summed E-state index contributed by atoms with van der Waals surface area (Å²) in [4.78, 5) is 31.5. The van der Waals surface area contributed by atoms with Crippen molar-refractivity contribution in [3.8, 4) is 11.6 Å². The number of hydrogen-bond acceptors (Lipinski definition) is 6. The van der Waals surface area contributed by atoms with Crippen LogP contribution in [0.4, 0.5) is 0 Å². The van der Waals surface area contributed by atoms with Gasteiger partial charge in [0.25, 0.3) is 5.91 Å². The number of piperidine rings is 1. The number of amides is 1. The van der Waals surface area contributed by atoms with Crippen molar-refractivity contribution < 1.29 is 9.53 Å². The first-order valence-corrected chi connectivity index (χ1v) is 9.31. The van der Waals surface area contributed by atoms with Gasteiger partial charge in [-0.3, -0.25) is 14.8 Å². The number of rotatable bonds is 4. The Bertz CT molecular complexity index is 964. The molecule has 3 aromatic rings. The maximum atomic E-state index is 12.7. The molecule has 1 atom stereocenters. The van der Waals surface area contributed by atoms with Gasteiger partial charge in [-0.1, -0.05) is 12.1 Å². The summed E-state index contributed by atoms with van der Waals surface area (Å²) in [5.74, 6) is 1.20. The zero-order chi connectivity index (χ0) is 19.3.